The lowest BCUT2D eigenvalue weighted by molar-refractivity contribution is 0.163. The minimum Gasteiger partial charge on any atom is -0.389 e. The summed E-state index contributed by atoms with van der Waals surface area (Å²) in [6.45, 7) is 5.08. The van der Waals surface area contributed by atoms with Gasteiger partial charge in [0, 0.05) is 41.1 Å². The molecule has 0 aliphatic rings. The summed E-state index contributed by atoms with van der Waals surface area (Å²) in [7, 11) is 1.95. The van der Waals surface area contributed by atoms with Crippen molar-refractivity contribution in [3.05, 3.63) is 77.9 Å². The number of halogens is 2. The summed E-state index contributed by atoms with van der Waals surface area (Å²) in [5.41, 5.74) is 3.86. The van der Waals surface area contributed by atoms with Gasteiger partial charge >= 0.3 is 0 Å². The first-order chi connectivity index (χ1) is 14.3. The van der Waals surface area contributed by atoms with E-state index in [4.69, 9.17) is 0 Å². The van der Waals surface area contributed by atoms with Crippen LogP contribution in [0.1, 0.15) is 25.3 Å². The second-order valence-corrected chi connectivity index (χ2v) is 8.21. The van der Waals surface area contributed by atoms with E-state index in [9.17, 15) is 13.9 Å². The van der Waals surface area contributed by atoms with Crippen molar-refractivity contribution in [1.82, 2.24) is 4.57 Å². The van der Waals surface area contributed by atoms with Gasteiger partial charge in [0.1, 0.15) is 11.6 Å². The van der Waals surface area contributed by atoms with Crippen LogP contribution >= 0.6 is 0 Å². The molecule has 156 valence electrons. The summed E-state index contributed by atoms with van der Waals surface area (Å²) in [4.78, 5) is 2.02. The summed E-state index contributed by atoms with van der Waals surface area (Å²) in [5.74, 6) is -0.258. The first kappa shape index (κ1) is 20.4. The number of rotatable bonds is 6. The minimum atomic E-state index is -0.659. The molecule has 1 heterocycles. The molecule has 1 atom stereocenters. The van der Waals surface area contributed by atoms with Crippen LogP contribution in [0.3, 0.4) is 0 Å². The van der Waals surface area contributed by atoms with Crippen molar-refractivity contribution in [2.24, 2.45) is 0 Å². The fourth-order valence-corrected chi connectivity index (χ4v) is 4.05. The molecule has 0 aliphatic carbocycles. The van der Waals surface area contributed by atoms with E-state index in [0.717, 1.165) is 16.7 Å². The standard InChI is InChI=1S/C25H26F2N2O/c1-16(2)17-4-8-20(9-5-17)28(3)14-21(30)15-29-24-10-6-18(26)12-22(24)23-13-19(27)7-11-25(23)29/h4-13,16,21,30H,14-15H2,1-3H3. The number of aliphatic hydroxyl groups excluding tert-OH is 1. The number of aromatic nitrogens is 1. The highest BCUT2D eigenvalue weighted by Crippen LogP contribution is 2.30. The highest BCUT2D eigenvalue weighted by molar-refractivity contribution is 6.08. The predicted octanol–water partition coefficient (Wildman–Crippen LogP) is 5.69. The summed E-state index contributed by atoms with van der Waals surface area (Å²) >= 11 is 0. The molecular weight excluding hydrogens is 382 g/mol. The van der Waals surface area contributed by atoms with Crippen molar-refractivity contribution >= 4 is 27.5 Å². The van der Waals surface area contributed by atoms with Crippen LogP contribution in [0.15, 0.2) is 60.7 Å². The zero-order chi connectivity index (χ0) is 21.4. The molecule has 0 bridgehead atoms. The molecule has 0 aliphatic heterocycles. The van der Waals surface area contributed by atoms with Gasteiger partial charge in [0.15, 0.2) is 0 Å². The van der Waals surface area contributed by atoms with E-state index in [-0.39, 0.29) is 11.6 Å². The average Bonchev–Trinajstić information content (AvgIpc) is 3.00. The Kier molecular flexibility index (Phi) is 5.48. The van der Waals surface area contributed by atoms with Crippen molar-refractivity contribution in [2.75, 3.05) is 18.5 Å². The van der Waals surface area contributed by atoms with Gasteiger partial charge in [-0.3, -0.25) is 0 Å². The van der Waals surface area contributed by atoms with Gasteiger partial charge in [-0.15, -0.1) is 0 Å². The Morgan fingerprint density at radius 2 is 1.40 bits per heavy atom. The maximum absolute atomic E-state index is 13.8. The first-order valence-electron chi connectivity index (χ1n) is 10.2. The fraction of sp³-hybridized carbons (Fsp3) is 0.280. The number of nitrogens with zero attached hydrogens (tertiary/aromatic N) is 2. The number of fused-ring (bicyclic) bond motifs is 3. The van der Waals surface area contributed by atoms with Gasteiger partial charge in [-0.05, 0) is 60.0 Å². The van der Waals surface area contributed by atoms with Crippen molar-refractivity contribution in [2.45, 2.75) is 32.4 Å². The fourth-order valence-electron chi connectivity index (χ4n) is 4.05. The lowest BCUT2D eigenvalue weighted by Gasteiger charge is -2.24. The SMILES string of the molecule is CC(C)c1ccc(N(C)CC(O)Cn2c3ccc(F)cc3c3cc(F)ccc32)cc1. The molecule has 4 aromatic rings. The molecule has 5 heteroatoms. The predicted molar refractivity (Wildman–Crippen MR) is 119 cm³/mol. The highest BCUT2D eigenvalue weighted by atomic mass is 19.1. The number of aliphatic hydroxyl groups is 1. The van der Waals surface area contributed by atoms with Gasteiger partial charge in [-0.25, -0.2) is 8.78 Å². The van der Waals surface area contributed by atoms with E-state index in [1.807, 2.05) is 16.5 Å². The van der Waals surface area contributed by atoms with Crippen LogP contribution in [0.2, 0.25) is 0 Å². The Morgan fingerprint density at radius 3 is 1.90 bits per heavy atom. The Morgan fingerprint density at radius 1 is 0.867 bits per heavy atom. The number of benzene rings is 3. The van der Waals surface area contributed by atoms with Crippen LogP contribution in [0.4, 0.5) is 14.5 Å². The molecular formula is C25H26F2N2O. The molecule has 0 amide bonds. The molecule has 30 heavy (non-hydrogen) atoms. The van der Waals surface area contributed by atoms with E-state index in [1.165, 1.54) is 29.8 Å². The minimum absolute atomic E-state index is 0.325. The van der Waals surface area contributed by atoms with E-state index in [2.05, 4.69) is 38.1 Å². The number of anilines is 1. The van der Waals surface area contributed by atoms with Crippen LogP contribution in [0.25, 0.3) is 21.8 Å². The molecule has 0 saturated heterocycles. The van der Waals surface area contributed by atoms with Crippen LogP contribution in [0.5, 0.6) is 0 Å². The second kappa shape index (κ2) is 8.07. The van der Waals surface area contributed by atoms with Crippen LogP contribution in [0, 0.1) is 11.6 Å². The van der Waals surface area contributed by atoms with Crippen LogP contribution < -0.4 is 4.90 Å². The molecule has 3 aromatic carbocycles. The summed E-state index contributed by atoms with van der Waals surface area (Å²) in [6, 6.07) is 17.3. The molecule has 1 N–H and O–H groups in total. The maximum Gasteiger partial charge on any atom is 0.123 e. The normalized spacial score (nSPS) is 12.8. The quantitative estimate of drug-likeness (QED) is 0.444. The van der Waals surface area contributed by atoms with E-state index in [0.29, 0.717) is 29.8 Å². The largest absolute Gasteiger partial charge is 0.389 e. The van der Waals surface area contributed by atoms with Crippen LogP contribution in [-0.2, 0) is 6.54 Å². The summed E-state index contributed by atoms with van der Waals surface area (Å²) in [6.07, 6.45) is -0.659. The third-order valence-corrected chi connectivity index (χ3v) is 5.67. The van der Waals surface area contributed by atoms with Crippen molar-refractivity contribution in [3.8, 4) is 0 Å². The Hall–Kier alpha value is -2.92. The highest BCUT2D eigenvalue weighted by Gasteiger charge is 2.16. The van der Waals surface area contributed by atoms with Gasteiger partial charge in [0.25, 0.3) is 0 Å². The Labute approximate surface area is 175 Å². The molecule has 0 radical (unpaired) electrons. The molecule has 1 aromatic heterocycles. The second-order valence-electron chi connectivity index (χ2n) is 8.21. The zero-order valence-corrected chi connectivity index (χ0v) is 17.4. The molecule has 1 unspecified atom stereocenters. The Balaban J connectivity index is 1.60. The summed E-state index contributed by atoms with van der Waals surface area (Å²) in [5, 5.41) is 12.1. The van der Waals surface area contributed by atoms with E-state index in [1.54, 1.807) is 12.1 Å². The van der Waals surface area contributed by atoms with Gasteiger partial charge in [0.05, 0.1) is 12.6 Å². The van der Waals surface area contributed by atoms with Crippen LogP contribution in [-0.4, -0.2) is 29.4 Å². The maximum atomic E-state index is 13.8. The van der Waals surface area contributed by atoms with Crippen molar-refractivity contribution in [3.63, 3.8) is 0 Å². The zero-order valence-electron chi connectivity index (χ0n) is 17.4. The van der Waals surface area contributed by atoms with E-state index < -0.39 is 6.10 Å². The number of likely N-dealkylation sites (N-methyl/N-ethyl adjacent to an activating group) is 1. The van der Waals surface area contributed by atoms with Crippen molar-refractivity contribution in [1.29, 1.82) is 0 Å². The van der Waals surface area contributed by atoms with Gasteiger partial charge in [-0.1, -0.05) is 26.0 Å². The number of hydrogen-bond donors (Lipinski definition) is 1. The lowest BCUT2D eigenvalue weighted by Crippen LogP contribution is -2.32. The van der Waals surface area contributed by atoms with E-state index >= 15 is 0 Å². The van der Waals surface area contributed by atoms with Gasteiger partial charge < -0.3 is 14.6 Å². The monoisotopic (exact) mass is 408 g/mol. The van der Waals surface area contributed by atoms with Gasteiger partial charge in [-0.2, -0.15) is 0 Å². The van der Waals surface area contributed by atoms with Gasteiger partial charge in [0.2, 0.25) is 0 Å². The third-order valence-electron chi connectivity index (χ3n) is 5.67. The summed E-state index contributed by atoms with van der Waals surface area (Å²) < 4.78 is 29.6. The Bertz CT molecular complexity index is 1120. The smallest absolute Gasteiger partial charge is 0.123 e. The number of hydrogen-bond acceptors (Lipinski definition) is 2. The average molecular weight is 408 g/mol. The lowest BCUT2D eigenvalue weighted by atomic mass is 10.0. The topological polar surface area (TPSA) is 28.4 Å². The molecule has 3 nitrogen and oxygen atoms in total. The van der Waals surface area contributed by atoms with Crippen molar-refractivity contribution < 1.29 is 13.9 Å². The first-order valence-corrected chi connectivity index (χ1v) is 10.2. The molecule has 0 spiro atoms. The third kappa shape index (κ3) is 3.90. The molecule has 0 saturated carbocycles. The molecule has 4 rings (SSSR count). The molecule has 0 fully saturated rings.